The second-order valence-electron chi connectivity index (χ2n) is 4.67. The fourth-order valence-electron chi connectivity index (χ4n) is 1.90. The highest BCUT2D eigenvalue weighted by atomic mass is 32.2. The van der Waals surface area contributed by atoms with Crippen LogP contribution in [0.1, 0.15) is 22.4 Å². The Labute approximate surface area is 113 Å². The first-order chi connectivity index (χ1) is 8.88. The van der Waals surface area contributed by atoms with Crippen molar-refractivity contribution in [3.8, 4) is 0 Å². The van der Waals surface area contributed by atoms with Gasteiger partial charge < -0.3 is 0 Å². The van der Waals surface area contributed by atoms with Crippen LogP contribution >= 0.6 is 0 Å². The van der Waals surface area contributed by atoms with Crippen molar-refractivity contribution in [3.05, 3.63) is 46.8 Å². The maximum atomic E-state index is 12.2. The molecule has 19 heavy (non-hydrogen) atoms. The summed E-state index contributed by atoms with van der Waals surface area (Å²) in [5, 5.41) is 6.64. The van der Waals surface area contributed by atoms with Gasteiger partial charge in [-0.2, -0.15) is 5.10 Å². The van der Waals surface area contributed by atoms with Crippen molar-refractivity contribution in [3.63, 3.8) is 0 Å². The van der Waals surface area contributed by atoms with Gasteiger partial charge in [-0.15, -0.1) is 0 Å². The van der Waals surface area contributed by atoms with Crippen molar-refractivity contribution in [2.75, 3.05) is 0 Å². The molecule has 2 N–H and O–H groups in total. The van der Waals surface area contributed by atoms with Gasteiger partial charge in [-0.05, 0) is 44.0 Å². The molecule has 0 aliphatic rings. The van der Waals surface area contributed by atoms with E-state index in [2.05, 4.69) is 14.9 Å². The van der Waals surface area contributed by atoms with E-state index in [4.69, 9.17) is 0 Å². The van der Waals surface area contributed by atoms with Crippen molar-refractivity contribution in [2.45, 2.75) is 32.2 Å². The zero-order valence-electron chi connectivity index (χ0n) is 11.2. The number of aromatic nitrogens is 2. The number of hydrogen-bond acceptors (Lipinski definition) is 3. The number of aryl methyl sites for hydroxylation is 3. The van der Waals surface area contributed by atoms with E-state index in [1.807, 2.05) is 26.8 Å². The molecule has 0 saturated heterocycles. The Bertz CT molecular complexity index is 669. The lowest BCUT2D eigenvalue weighted by Crippen LogP contribution is -2.23. The second-order valence-corrected chi connectivity index (χ2v) is 6.44. The number of hydrogen-bond donors (Lipinski definition) is 2. The summed E-state index contributed by atoms with van der Waals surface area (Å²) in [5.41, 5.74) is 3.57. The van der Waals surface area contributed by atoms with Gasteiger partial charge in [0.05, 0.1) is 11.1 Å². The standard InChI is InChI=1S/C13H17N3O2S/c1-9-4-10(2)6-13(5-9)19(17,18)15-8-12-7-14-16-11(12)3/h4-7,15H,8H2,1-3H3,(H,14,16). The van der Waals surface area contributed by atoms with Crippen LogP contribution in [0.4, 0.5) is 0 Å². The summed E-state index contributed by atoms with van der Waals surface area (Å²) in [7, 11) is -3.49. The number of nitrogens with one attached hydrogen (secondary N) is 2. The van der Waals surface area contributed by atoms with E-state index < -0.39 is 10.0 Å². The number of H-pyrrole nitrogens is 1. The van der Waals surface area contributed by atoms with Gasteiger partial charge in [0.1, 0.15) is 0 Å². The minimum Gasteiger partial charge on any atom is -0.283 e. The van der Waals surface area contributed by atoms with Crippen molar-refractivity contribution in [2.24, 2.45) is 0 Å². The Balaban J connectivity index is 2.21. The molecule has 6 heteroatoms. The molecule has 0 aliphatic heterocycles. The predicted octanol–water partition coefficient (Wildman–Crippen LogP) is 1.81. The minimum absolute atomic E-state index is 0.234. The molecule has 0 radical (unpaired) electrons. The Morgan fingerprint density at radius 3 is 2.32 bits per heavy atom. The molecule has 5 nitrogen and oxygen atoms in total. The molecule has 1 aromatic heterocycles. The zero-order chi connectivity index (χ0) is 14.0. The van der Waals surface area contributed by atoms with Crippen LogP contribution in [0.3, 0.4) is 0 Å². The van der Waals surface area contributed by atoms with Crippen LogP contribution in [0.5, 0.6) is 0 Å². The van der Waals surface area contributed by atoms with Crippen LogP contribution in [0.25, 0.3) is 0 Å². The molecule has 0 saturated carbocycles. The molecule has 0 aliphatic carbocycles. The first-order valence-electron chi connectivity index (χ1n) is 5.95. The number of benzene rings is 1. The summed E-state index contributed by atoms with van der Waals surface area (Å²) in [6.07, 6.45) is 1.62. The molecule has 1 heterocycles. The number of nitrogens with zero attached hydrogens (tertiary/aromatic N) is 1. The van der Waals surface area contributed by atoms with Gasteiger partial charge in [0.15, 0.2) is 0 Å². The van der Waals surface area contributed by atoms with E-state index in [1.54, 1.807) is 18.3 Å². The van der Waals surface area contributed by atoms with E-state index in [1.165, 1.54) is 0 Å². The molecule has 2 aromatic rings. The van der Waals surface area contributed by atoms with Gasteiger partial charge in [0, 0.05) is 17.8 Å². The Kier molecular flexibility index (Phi) is 3.73. The third-order valence-corrected chi connectivity index (χ3v) is 4.27. The van der Waals surface area contributed by atoms with Crippen LogP contribution in [0.15, 0.2) is 29.3 Å². The maximum Gasteiger partial charge on any atom is 0.240 e. The lowest BCUT2D eigenvalue weighted by Gasteiger charge is -2.08. The topological polar surface area (TPSA) is 74.8 Å². The van der Waals surface area contributed by atoms with Gasteiger partial charge in [0.25, 0.3) is 0 Å². The molecule has 0 fully saturated rings. The van der Waals surface area contributed by atoms with E-state index in [0.717, 1.165) is 22.4 Å². The maximum absolute atomic E-state index is 12.2. The normalized spacial score (nSPS) is 11.7. The highest BCUT2D eigenvalue weighted by Gasteiger charge is 2.15. The summed E-state index contributed by atoms with van der Waals surface area (Å²) >= 11 is 0. The SMILES string of the molecule is Cc1cc(C)cc(S(=O)(=O)NCc2cn[nH]c2C)c1. The molecule has 0 unspecified atom stereocenters. The molecule has 2 rings (SSSR count). The summed E-state index contributed by atoms with van der Waals surface area (Å²) in [6.45, 7) is 5.85. The van der Waals surface area contributed by atoms with Crippen LogP contribution in [0, 0.1) is 20.8 Å². The van der Waals surface area contributed by atoms with Crippen molar-refractivity contribution < 1.29 is 8.42 Å². The van der Waals surface area contributed by atoms with Crippen molar-refractivity contribution in [1.82, 2.24) is 14.9 Å². The van der Waals surface area contributed by atoms with Crippen LogP contribution in [-0.2, 0) is 16.6 Å². The highest BCUT2D eigenvalue weighted by Crippen LogP contribution is 2.15. The van der Waals surface area contributed by atoms with E-state index in [-0.39, 0.29) is 6.54 Å². The fourth-order valence-corrected chi connectivity index (χ4v) is 3.09. The third kappa shape index (κ3) is 3.21. The lowest BCUT2D eigenvalue weighted by molar-refractivity contribution is 0.581. The monoisotopic (exact) mass is 279 g/mol. The molecule has 0 amide bonds. The largest absolute Gasteiger partial charge is 0.283 e. The Morgan fingerprint density at radius 1 is 1.16 bits per heavy atom. The second kappa shape index (κ2) is 5.14. The van der Waals surface area contributed by atoms with Crippen LogP contribution < -0.4 is 4.72 Å². The summed E-state index contributed by atoms with van der Waals surface area (Å²) in [4.78, 5) is 0.297. The van der Waals surface area contributed by atoms with E-state index in [0.29, 0.717) is 4.90 Å². The summed E-state index contributed by atoms with van der Waals surface area (Å²) in [5.74, 6) is 0. The van der Waals surface area contributed by atoms with E-state index in [9.17, 15) is 8.42 Å². The van der Waals surface area contributed by atoms with Crippen LogP contribution in [-0.4, -0.2) is 18.6 Å². The molecular formula is C13H17N3O2S. The predicted molar refractivity (Wildman–Crippen MR) is 73.3 cm³/mol. The summed E-state index contributed by atoms with van der Waals surface area (Å²) < 4.78 is 27.0. The molecule has 0 atom stereocenters. The lowest BCUT2D eigenvalue weighted by atomic mass is 10.2. The average Bonchev–Trinajstić information content (AvgIpc) is 2.71. The smallest absolute Gasteiger partial charge is 0.240 e. The van der Waals surface area contributed by atoms with Crippen molar-refractivity contribution in [1.29, 1.82) is 0 Å². The van der Waals surface area contributed by atoms with Gasteiger partial charge >= 0.3 is 0 Å². The highest BCUT2D eigenvalue weighted by molar-refractivity contribution is 7.89. The van der Waals surface area contributed by atoms with Crippen LogP contribution in [0.2, 0.25) is 0 Å². The summed E-state index contributed by atoms with van der Waals surface area (Å²) in [6, 6.07) is 5.27. The average molecular weight is 279 g/mol. The Hall–Kier alpha value is -1.66. The molecule has 102 valence electrons. The minimum atomic E-state index is -3.49. The molecule has 0 spiro atoms. The van der Waals surface area contributed by atoms with Crippen molar-refractivity contribution >= 4 is 10.0 Å². The first-order valence-corrected chi connectivity index (χ1v) is 7.43. The third-order valence-electron chi connectivity index (χ3n) is 2.89. The quantitative estimate of drug-likeness (QED) is 0.896. The van der Waals surface area contributed by atoms with Gasteiger partial charge in [-0.25, -0.2) is 13.1 Å². The first kappa shape index (κ1) is 13.8. The zero-order valence-corrected chi connectivity index (χ0v) is 12.0. The Morgan fingerprint density at radius 2 is 1.79 bits per heavy atom. The number of rotatable bonds is 4. The van der Waals surface area contributed by atoms with Gasteiger partial charge in [-0.1, -0.05) is 6.07 Å². The van der Waals surface area contributed by atoms with Gasteiger partial charge in [0.2, 0.25) is 10.0 Å². The molecule has 0 bridgehead atoms. The molecule has 1 aromatic carbocycles. The fraction of sp³-hybridized carbons (Fsp3) is 0.308. The molecular weight excluding hydrogens is 262 g/mol. The van der Waals surface area contributed by atoms with Gasteiger partial charge in [-0.3, -0.25) is 5.10 Å². The number of aromatic amines is 1. The van der Waals surface area contributed by atoms with E-state index >= 15 is 0 Å². The number of sulfonamides is 1.